The summed E-state index contributed by atoms with van der Waals surface area (Å²) in [6.07, 6.45) is 2.63. The van der Waals surface area contributed by atoms with Crippen LogP contribution in [0.15, 0.2) is 47.4 Å². The number of nitriles is 1. The number of fused-ring (bicyclic) bond motifs is 2. The monoisotopic (exact) mass is 422 g/mol. The van der Waals surface area contributed by atoms with Gasteiger partial charge in [-0.1, -0.05) is 36.4 Å². The van der Waals surface area contributed by atoms with Crippen LogP contribution in [0.2, 0.25) is 0 Å². The van der Waals surface area contributed by atoms with E-state index in [2.05, 4.69) is 21.4 Å². The van der Waals surface area contributed by atoms with Crippen molar-refractivity contribution in [1.29, 1.82) is 5.26 Å². The van der Waals surface area contributed by atoms with Crippen LogP contribution in [0.4, 0.5) is 0 Å². The van der Waals surface area contributed by atoms with Crippen molar-refractivity contribution < 1.29 is 13.2 Å². The zero-order chi connectivity index (χ0) is 20.9. The lowest BCUT2D eigenvalue weighted by Gasteiger charge is -2.53. The molecule has 5 rings (SSSR count). The van der Waals surface area contributed by atoms with E-state index in [9.17, 15) is 18.5 Å². The molecule has 154 valence electrons. The molecule has 1 saturated carbocycles. The number of benzene rings is 2. The number of hydrogen-bond acceptors (Lipinski definition) is 5. The summed E-state index contributed by atoms with van der Waals surface area (Å²) in [4.78, 5) is 12.7. The second-order valence-electron chi connectivity index (χ2n) is 8.23. The highest BCUT2D eigenvalue weighted by Gasteiger charge is 2.50. The number of nitrogens with one attached hydrogen (secondary N) is 3. The average molecular weight is 423 g/mol. The van der Waals surface area contributed by atoms with Gasteiger partial charge >= 0.3 is 0 Å². The molecular weight excluding hydrogens is 400 g/mol. The van der Waals surface area contributed by atoms with Gasteiger partial charge in [-0.15, -0.1) is 0 Å². The third-order valence-electron chi connectivity index (χ3n) is 6.44. The predicted octanol–water partition coefficient (Wildman–Crippen LogP) is 1.45. The van der Waals surface area contributed by atoms with Gasteiger partial charge in [0.1, 0.15) is 6.04 Å². The Balaban J connectivity index is 1.26. The lowest BCUT2D eigenvalue weighted by Crippen LogP contribution is -2.71. The third kappa shape index (κ3) is 3.29. The van der Waals surface area contributed by atoms with Gasteiger partial charge in [0, 0.05) is 19.0 Å². The summed E-state index contributed by atoms with van der Waals surface area (Å²) >= 11 is 0. The summed E-state index contributed by atoms with van der Waals surface area (Å²) in [5.41, 5.74) is 3.43. The van der Waals surface area contributed by atoms with Gasteiger partial charge < -0.3 is 10.6 Å². The molecular formula is C22H22N4O3S. The smallest absolute Gasteiger partial charge is 0.241 e. The van der Waals surface area contributed by atoms with E-state index in [-0.39, 0.29) is 11.9 Å². The first-order valence-corrected chi connectivity index (χ1v) is 11.6. The van der Waals surface area contributed by atoms with Crippen molar-refractivity contribution >= 4 is 15.9 Å². The molecule has 0 radical (unpaired) electrons. The number of rotatable bonds is 5. The highest BCUT2D eigenvalue weighted by molar-refractivity contribution is 7.89. The van der Waals surface area contributed by atoms with E-state index in [1.165, 1.54) is 0 Å². The third-order valence-corrected chi connectivity index (χ3v) is 7.92. The minimum absolute atomic E-state index is 0.0907. The minimum atomic E-state index is -3.41. The molecule has 30 heavy (non-hydrogen) atoms. The van der Waals surface area contributed by atoms with Gasteiger partial charge in [-0.05, 0) is 47.1 Å². The number of amides is 1. The maximum Gasteiger partial charge on any atom is 0.241 e. The number of sulfonamides is 1. The first-order chi connectivity index (χ1) is 14.4. The summed E-state index contributed by atoms with van der Waals surface area (Å²) < 4.78 is 26.7. The van der Waals surface area contributed by atoms with Crippen molar-refractivity contribution in [2.24, 2.45) is 5.92 Å². The first-order valence-electron chi connectivity index (χ1n) is 10.1. The lowest BCUT2D eigenvalue weighted by atomic mass is 9.67. The summed E-state index contributed by atoms with van der Waals surface area (Å²) in [6.45, 7) is 0.329. The van der Waals surface area contributed by atoms with Gasteiger partial charge in [0.05, 0.1) is 17.0 Å². The maximum absolute atomic E-state index is 12.4. The number of nitrogens with zero attached hydrogens (tertiary/aromatic N) is 1. The Bertz CT molecular complexity index is 1150. The molecule has 0 spiro atoms. The fraction of sp³-hybridized carbons (Fsp3) is 0.364. The quantitative estimate of drug-likeness (QED) is 0.675. The van der Waals surface area contributed by atoms with E-state index in [1.807, 2.05) is 36.4 Å². The van der Waals surface area contributed by atoms with Crippen molar-refractivity contribution in [1.82, 2.24) is 15.4 Å². The molecule has 2 aromatic carbocycles. The van der Waals surface area contributed by atoms with Crippen LogP contribution >= 0.6 is 0 Å². The van der Waals surface area contributed by atoms with Gasteiger partial charge in [-0.25, -0.2) is 13.1 Å². The van der Waals surface area contributed by atoms with Gasteiger partial charge in [0.25, 0.3) is 0 Å². The van der Waals surface area contributed by atoms with Crippen LogP contribution in [0, 0.1) is 17.2 Å². The van der Waals surface area contributed by atoms with Crippen molar-refractivity contribution in [3.8, 4) is 17.2 Å². The van der Waals surface area contributed by atoms with Gasteiger partial charge in [-0.3, -0.25) is 4.79 Å². The van der Waals surface area contributed by atoms with E-state index in [0.717, 1.165) is 35.1 Å². The van der Waals surface area contributed by atoms with E-state index in [4.69, 9.17) is 0 Å². The second kappa shape index (κ2) is 7.20. The van der Waals surface area contributed by atoms with Crippen LogP contribution in [0.25, 0.3) is 11.1 Å². The van der Waals surface area contributed by atoms with E-state index >= 15 is 0 Å². The SMILES string of the molecule is N#C[C@H](Cc1ccc(-c2ccc3c(c2)S(=O)(=O)NC3)cc1)NC(=O)[C@H]1N[C@@H]2CCC12. The Morgan fingerprint density at radius 2 is 1.93 bits per heavy atom. The Morgan fingerprint density at radius 3 is 2.57 bits per heavy atom. The van der Waals surface area contributed by atoms with Crippen molar-refractivity contribution in [2.75, 3.05) is 0 Å². The minimum Gasteiger partial charge on any atom is -0.339 e. The first kappa shape index (κ1) is 19.2. The molecule has 8 heteroatoms. The highest BCUT2D eigenvalue weighted by atomic mass is 32.2. The van der Waals surface area contributed by atoms with Crippen molar-refractivity contribution in [3.63, 3.8) is 0 Å². The normalized spacial score (nSPS) is 26.3. The Morgan fingerprint density at radius 1 is 1.17 bits per heavy atom. The predicted molar refractivity (Wildman–Crippen MR) is 111 cm³/mol. The number of carbonyl (C=O) groups excluding carboxylic acids is 1. The van der Waals surface area contributed by atoms with Crippen molar-refractivity contribution in [3.05, 3.63) is 53.6 Å². The molecule has 1 amide bonds. The Hall–Kier alpha value is -2.73. The van der Waals surface area contributed by atoms with Crippen LogP contribution in [0.1, 0.15) is 24.0 Å². The summed E-state index contributed by atoms with van der Waals surface area (Å²) in [5, 5.41) is 15.6. The molecule has 3 N–H and O–H groups in total. The Kier molecular flexibility index (Phi) is 4.62. The van der Waals surface area contributed by atoms with Crippen LogP contribution in [0.5, 0.6) is 0 Å². The van der Waals surface area contributed by atoms with Crippen LogP contribution in [0.3, 0.4) is 0 Å². The molecule has 7 nitrogen and oxygen atoms in total. The summed E-state index contributed by atoms with van der Waals surface area (Å²) in [7, 11) is -3.41. The molecule has 0 bridgehead atoms. The topological polar surface area (TPSA) is 111 Å². The number of piperidine rings is 1. The maximum atomic E-state index is 12.4. The highest BCUT2D eigenvalue weighted by Crippen LogP contribution is 2.38. The van der Waals surface area contributed by atoms with E-state index < -0.39 is 16.1 Å². The van der Waals surface area contributed by atoms with E-state index in [0.29, 0.717) is 29.8 Å². The van der Waals surface area contributed by atoms with Crippen molar-refractivity contribution in [2.45, 2.75) is 48.8 Å². The molecule has 0 aromatic heterocycles. The van der Waals surface area contributed by atoms with Gasteiger partial charge in [0.2, 0.25) is 15.9 Å². The standard InChI is InChI=1S/C22H22N4O3S/c23-11-17(25-22(27)21-18-7-8-19(18)26-21)9-13-1-3-14(4-2-13)15-5-6-16-12-24-30(28,29)20(16)10-15/h1-6,10,17-19,21,24,26H,7-9,12H2,(H,25,27)/t17-,18?,19+,21-/m0/s1. The zero-order valence-corrected chi connectivity index (χ0v) is 17.1. The zero-order valence-electron chi connectivity index (χ0n) is 16.3. The molecule has 1 aliphatic carbocycles. The summed E-state index contributed by atoms with van der Waals surface area (Å²) in [6, 6.07) is 15.0. The molecule has 2 heterocycles. The molecule has 2 fully saturated rings. The van der Waals surface area contributed by atoms with Crippen LogP contribution in [-0.2, 0) is 27.8 Å². The molecule has 2 aliphatic heterocycles. The molecule has 1 saturated heterocycles. The van der Waals surface area contributed by atoms with E-state index in [1.54, 1.807) is 6.07 Å². The number of carbonyl (C=O) groups is 1. The molecule has 2 aromatic rings. The average Bonchev–Trinajstić information content (AvgIpc) is 3.04. The van der Waals surface area contributed by atoms with Crippen LogP contribution in [-0.4, -0.2) is 32.5 Å². The Labute approximate surface area is 175 Å². The molecule has 1 unspecified atom stereocenters. The van der Waals surface area contributed by atoms with Gasteiger partial charge in [-0.2, -0.15) is 5.26 Å². The lowest BCUT2D eigenvalue weighted by molar-refractivity contribution is -0.132. The second-order valence-corrected chi connectivity index (χ2v) is 9.97. The van der Waals surface area contributed by atoms with Gasteiger partial charge in [0.15, 0.2) is 0 Å². The largest absolute Gasteiger partial charge is 0.339 e. The summed E-state index contributed by atoms with van der Waals surface area (Å²) in [5.74, 6) is 0.335. The fourth-order valence-electron chi connectivity index (χ4n) is 4.48. The van der Waals surface area contributed by atoms with Crippen LogP contribution < -0.4 is 15.4 Å². The fourth-order valence-corrected chi connectivity index (χ4v) is 5.75. The molecule has 4 atom stereocenters. The molecule has 3 aliphatic rings. The number of hydrogen-bond donors (Lipinski definition) is 3.